The number of hydrogen-bond donors (Lipinski definition) is 0. The van der Waals surface area contributed by atoms with Crippen LogP contribution < -0.4 is 9.47 Å². The summed E-state index contributed by atoms with van der Waals surface area (Å²) in [4.78, 5) is 16.7. The molecule has 33 heavy (non-hydrogen) atoms. The van der Waals surface area contributed by atoms with Crippen molar-refractivity contribution in [3.05, 3.63) is 96.9 Å². The summed E-state index contributed by atoms with van der Waals surface area (Å²) in [6, 6.07) is 17.4. The highest BCUT2D eigenvalue weighted by Crippen LogP contribution is 2.36. The van der Waals surface area contributed by atoms with Crippen LogP contribution in [0.25, 0.3) is 6.08 Å². The highest BCUT2D eigenvalue weighted by atomic mass is 127. The van der Waals surface area contributed by atoms with E-state index in [0.717, 1.165) is 8.04 Å². The first-order valence-corrected chi connectivity index (χ1v) is 11.9. The van der Waals surface area contributed by atoms with E-state index < -0.39 is 5.97 Å². The average molecular weight is 622 g/mol. The number of halogens is 3. The normalized spacial score (nSPS) is 14.2. The Morgan fingerprint density at radius 2 is 1.94 bits per heavy atom. The standard InChI is InChI=1S/C25H18BrFINO4/c1-2-31-22-12-15(10-20(28)23(22)32-14-17-6-3-4-9-19(17)27)11-21-25(30)33-24(29-21)16-7-5-8-18(26)13-16/h3-13H,2,14H2,1H3/b21-11-. The van der Waals surface area contributed by atoms with Crippen LogP contribution in [0.3, 0.4) is 0 Å². The molecule has 0 radical (unpaired) electrons. The van der Waals surface area contributed by atoms with Gasteiger partial charge in [0.1, 0.15) is 12.4 Å². The molecule has 1 aliphatic rings. The molecule has 3 aromatic carbocycles. The van der Waals surface area contributed by atoms with E-state index in [-0.39, 0.29) is 24.0 Å². The van der Waals surface area contributed by atoms with E-state index in [0.29, 0.717) is 34.8 Å². The number of nitrogens with zero attached hydrogens (tertiary/aromatic N) is 1. The third-order valence-corrected chi connectivity index (χ3v) is 5.95. The molecule has 168 valence electrons. The van der Waals surface area contributed by atoms with Gasteiger partial charge in [-0.25, -0.2) is 14.2 Å². The van der Waals surface area contributed by atoms with Gasteiger partial charge in [-0.15, -0.1) is 0 Å². The fourth-order valence-electron chi connectivity index (χ4n) is 3.15. The maximum Gasteiger partial charge on any atom is 0.363 e. The van der Waals surface area contributed by atoms with Gasteiger partial charge < -0.3 is 14.2 Å². The maximum absolute atomic E-state index is 14.0. The van der Waals surface area contributed by atoms with Gasteiger partial charge in [-0.3, -0.25) is 0 Å². The molecule has 4 rings (SSSR count). The number of cyclic esters (lactones) is 1. The molecule has 0 saturated carbocycles. The number of carbonyl (C=O) groups is 1. The number of benzene rings is 3. The molecule has 1 heterocycles. The van der Waals surface area contributed by atoms with Gasteiger partial charge in [0.25, 0.3) is 0 Å². The van der Waals surface area contributed by atoms with Crippen molar-refractivity contribution >= 4 is 56.5 Å². The lowest BCUT2D eigenvalue weighted by molar-refractivity contribution is -0.129. The topological polar surface area (TPSA) is 57.1 Å². The molecule has 0 aliphatic carbocycles. The maximum atomic E-state index is 14.0. The third kappa shape index (κ3) is 5.62. The molecule has 0 bridgehead atoms. The van der Waals surface area contributed by atoms with E-state index in [9.17, 15) is 9.18 Å². The quantitative estimate of drug-likeness (QED) is 0.171. The number of rotatable bonds is 7. The van der Waals surface area contributed by atoms with Crippen molar-refractivity contribution in [1.29, 1.82) is 0 Å². The van der Waals surface area contributed by atoms with Crippen LogP contribution in [-0.2, 0) is 16.1 Å². The Morgan fingerprint density at radius 3 is 2.70 bits per heavy atom. The molecule has 0 fully saturated rings. The minimum Gasteiger partial charge on any atom is -0.490 e. The largest absolute Gasteiger partial charge is 0.490 e. The Labute approximate surface area is 212 Å². The van der Waals surface area contributed by atoms with E-state index in [2.05, 4.69) is 43.5 Å². The van der Waals surface area contributed by atoms with Gasteiger partial charge in [-0.1, -0.05) is 40.2 Å². The summed E-state index contributed by atoms with van der Waals surface area (Å²) >= 11 is 5.53. The molecule has 0 unspecified atom stereocenters. The van der Waals surface area contributed by atoms with Crippen molar-refractivity contribution in [3.63, 3.8) is 0 Å². The Balaban J connectivity index is 1.62. The summed E-state index contributed by atoms with van der Waals surface area (Å²) in [5, 5.41) is 0. The van der Waals surface area contributed by atoms with Gasteiger partial charge >= 0.3 is 5.97 Å². The first kappa shape index (κ1) is 23.4. The van der Waals surface area contributed by atoms with Crippen molar-refractivity contribution in [2.75, 3.05) is 6.61 Å². The van der Waals surface area contributed by atoms with Crippen LogP contribution in [0, 0.1) is 9.39 Å². The minimum absolute atomic E-state index is 0.0653. The average Bonchev–Trinajstić information content (AvgIpc) is 3.15. The molecular weight excluding hydrogens is 604 g/mol. The van der Waals surface area contributed by atoms with E-state index in [4.69, 9.17) is 14.2 Å². The van der Waals surface area contributed by atoms with Crippen molar-refractivity contribution in [2.45, 2.75) is 13.5 Å². The lowest BCUT2D eigenvalue weighted by Gasteiger charge is -2.15. The van der Waals surface area contributed by atoms with E-state index in [1.807, 2.05) is 37.3 Å². The van der Waals surface area contributed by atoms with Gasteiger partial charge in [-0.05, 0) is 77.6 Å². The number of esters is 1. The number of ether oxygens (including phenoxy) is 3. The fraction of sp³-hybridized carbons (Fsp3) is 0.120. The van der Waals surface area contributed by atoms with Crippen LogP contribution in [0.1, 0.15) is 23.6 Å². The molecule has 0 atom stereocenters. The monoisotopic (exact) mass is 621 g/mol. The molecule has 8 heteroatoms. The molecule has 1 aliphatic heterocycles. The zero-order valence-corrected chi connectivity index (χ0v) is 21.2. The lowest BCUT2D eigenvalue weighted by Crippen LogP contribution is -2.05. The van der Waals surface area contributed by atoms with Crippen LogP contribution in [0.4, 0.5) is 4.39 Å². The SMILES string of the molecule is CCOc1cc(/C=C2\N=C(c3cccc(Br)c3)OC2=O)cc(I)c1OCc1ccccc1F. The zero-order chi connectivity index (χ0) is 23.4. The Kier molecular flexibility index (Phi) is 7.44. The van der Waals surface area contributed by atoms with Crippen molar-refractivity contribution in [2.24, 2.45) is 4.99 Å². The molecule has 3 aromatic rings. The molecule has 0 saturated heterocycles. The molecule has 0 N–H and O–H groups in total. The van der Waals surface area contributed by atoms with Crippen LogP contribution in [0.2, 0.25) is 0 Å². The van der Waals surface area contributed by atoms with Crippen LogP contribution in [0.5, 0.6) is 11.5 Å². The van der Waals surface area contributed by atoms with Crippen molar-refractivity contribution < 1.29 is 23.4 Å². The van der Waals surface area contributed by atoms with Gasteiger partial charge in [0.15, 0.2) is 17.2 Å². The summed E-state index contributed by atoms with van der Waals surface area (Å²) in [6.07, 6.45) is 1.64. The van der Waals surface area contributed by atoms with Gasteiger partial charge in [0.2, 0.25) is 5.90 Å². The lowest BCUT2D eigenvalue weighted by atomic mass is 10.1. The predicted molar refractivity (Wildman–Crippen MR) is 136 cm³/mol. The van der Waals surface area contributed by atoms with Gasteiger partial charge in [0.05, 0.1) is 10.2 Å². The van der Waals surface area contributed by atoms with E-state index >= 15 is 0 Å². The molecule has 5 nitrogen and oxygen atoms in total. The summed E-state index contributed by atoms with van der Waals surface area (Å²) in [7, 11) is 0. The predicted octanol–water partition coefficient (Wildman–Crippen LogP) is 6.52. The first-order valence-electron chi connectivity index (χ1n) is 10.1. The summed E-state index contributed by atoms with van der Waals surface area (Å²) in [5.74, 6) is 0.394. The van der Waals surface area contributed by atoms with Gasteiger partial charge in [-0.2, -0.15) is 0 Å². The number of carbonyl (C=O) groups excluding carboxylic acids is 1. The molecule has 0 aromatic heterocycles. The smallest absolute Gasteiger partial charge is 0.363 e. The van der Waals surface area contributed by atoms with Crippen molar-refractivity contribution in [3.8, 4) is 11.5 Å². The van der Waals surface area contributed by atoms with Crippen LogP contribution >= 0.6 is 38.5 Å². The second kappa shape index (κ2) is 10.5. The second-order valence-electron chi connectivity index (χ2n) is 6.99. The zero-order valence-electron chi connectivity index (χ0n) is 17.5. The Morgan fingerprint density at radius 1 is 1.12 bits per heavy atom. The van der Waals surface area contributed by atoms with E-state index in [1.54, 1.807) is 30.3 Å². The molecule has 0 spiro atoms. The minimum atomic E-state index is -0.530. The Hall–Kier alpha value is -2.72. The molecular formula is C25H18BrFINO4. The number of hydrogen-bond acceptors (Lipinski definition) is 5. The molecule has 0 amide bonds. The van der Waals surface area contributed by atoms with Crippen LogP contribution in [0.15, 0.2) is 75.8 Å². The van der Waals surface area contributed by atoms with E-state index in [1.165, 1.54) is 6.07 Å². The summed E-state index contributed by atoms with van der Waals surface area (Å²) in [5.41, 5.74) is 2.03. The van der Waals surface area contributed by atoms with Crippen molar-refractivity contribution in [1.82, 2.24) is 0 Å². The Bertz CT molecular complexity index is 1280. The first-order chi connectivity index (χ1) is 15.9. The van der Waals surface area contributed by atoms with Crippen LogP contribution in [-0.4, -0.2) is 18.5 Å². The summed E-state index contributed by atoms with van der Waals surface area (Å²) in [6.45, 7) is 2.34. The summed E-state index contributed by atoms with van der Waals surface area (Å²) < 4.78 is 32.6. The third-order valence-electron chi connectivity index (χ3n) is 4.66. The fourth-order valence-corrected chi connectivity index (χ4v) is 4.33. The van der Waals surface area contributed by atoms with Gasteiger partial charge in [0, 0.05) is 15.6 Å². The highest BCUT2D eigenvalue weighted by Gasteiger charge is 2.24. The number of aliphatic imine (C=N–C) groups is 1. The highest BCUT2D eigenvalue weighted by molar-refractivity contribution is 14.1. The second-order valence-corrected chi connectivity index (χ2v) is 9.07.